The quantitative estimate of drug-likeness (QED) is 0.888. The number of alkyl halides is 3. The molecule has 0 bridgehead atoms. The molecule has 1 saturated carbocycles. The summed E-state index contributed by atoms with van der Waals surface area (Å²) >= 11 is 0. The lowest BCUT2D eigenvalue weighted by atomic mass is 10.1. The number of hydrogen-bond acceptors (Lipinski definition) is 2. The summed E-state index contributed by atoms with van der Waals surface area (Å²) in [6.07, 6.45) is -2.77. The fraction of sp³-hybridized carbons (Fsp3) is 0.462. The number of hydrogen-bond donors (Lipinski definition) is 2. The molecule has 0 atom stereocenters. The molecular formula is C13H15F3N2O. The Bertz CT molecular complexity index is 507. The summed E-state index contributed by atoms with van der Waals surface area (Å²) in [6.45, 7) is 1.87. The van der Waals surface area contributed by atoms with Gasteiger partial charge in [-0.25, -0.2) is 0 Å². The van der Waals surface area contributed by atoms with Crippen LogP contribution in [0.3, 0.4) is 0 Å². The molecule has 1 aromatic rings. The first-order valence-electron chi connectivity index (χ1n) is 5.97. The van der Waals surface area contributed by atoms with Crippen LogP contribution in [0.15, 0.2) is 18.2 Å². The minimum Gasteiger partial charge on any atom is -0.388 e. The van der Waals surface area contributed by atoms with Gasteiger partial charge in [0.2, 0.25) is 0 Å². The molecule has 0 spiro atoms. The Labute approximate surface area is 109 Å². The van der Waals surface area contributed by atoms with Crippen LogP contribution >= 0.6 is 0 Å². The Morgan fingerprint density at radius 3 is 2.42 bits per heavy atom. The van der Waals surface area contributed by atoms with Gasteiger partial charge in [0, 0.05) is 23.8 Å². The number of nitrogens with one attached hydrogen (secondary N) is 2. The van der Waals surface area contributed by atoms with Gasteiger partial charge in [0.1, 0.15) is 0 Å². The fourth-order valence-electron chi connectivity index (χ4n) is 1.80. The highest BCUT2D eigenvalue weighted by Crippen LogP contribution is 2.37. The number of rotatable bonds is 3. The molecule has 1 aliphatic rings. The number of halogens is 3. The highest BCUT2D eigenvalue weighted by Gasteiger charge is 2.39. The van der Waals surface area contributed by atoms with E-state index >= 15 is 0 Å². The van der Waals surface area contributed by atoms with E-state index in [0.29, 0.717) is 0 Å². The lowest BCUT2D eigenvalue weighted by molar-refractivity contribution is -0.136. The normalized spacial score (nSPS) is 16.9. The highest BCUT2D eigenvalue weighted by atomic mass is 19.4. The van der Waals surface area contributed by atoms with Crippen LogP contribution in [-0.2, 0) is 6.18 Å². The molecule has 2 rings (SSSR count). The van der Waals surface area contributed by atoms with Crippen molar-refractivity contribution in [2.45, 2.75) is 31.5 Å². The SMILES string of the molecule is CNc1ccc(C(=O)NC2(C)CC2)cc1C(F)(F)F. The molecule has 1 fully saturated rings. The molecule has 0 heterocycles. The third-order valence-electron chi connectivity index (χ3n) is 3.27. The summed E-state index contributed by atoms with van der Waals surface area (Å²) in [4.78, 5) is 11.9. The van der Waals surface area contributed by atoms with E-state index in [1.807, 2.05) is 6.92 Å². The highest BCUT2D eigenvalue weighted by molar-refractivity contribution is 5.95. The zero-order chi connectivity index (χ0) is 14.3. The van der Waals surface area contributed by atoms with Crippen molar-refractivity contribution in [1.82, 2.24) is 5.32 Å². The van der Waals surface area contributed by atoms with Gasteiger partial charge >= 0.3 is 6.18 Å². The third kappa shape index (κ3) is 3.00. The monoisotopic (exact) mass is 272 g/mol. The molecule has 0 radical (unpaired) electrons. The topological polar surface area (TPSA) is 41.1 Å². The van der Waals surface area contributed by atoms with E-state index in [0.717, 1.165) is 18.9 Å². The smallest absolute Gasteiger partial charge is 0.388 e. The van der Waals surface area contributed by atoms with Gasteiger partial charge < -0.3 is 10.6 Å². The maximum absolute atomic E-state index is 12.9. The molecule has 1 aliphatic carbocycles. The molecular weight excluding hydrogens is 257 g/mol. The Kier molecular flexibility index (Phi) is 3.20. The molecule has 6 heteroatoms. The molecule has 0 aromatic heterocycles. The zero-order valence-electron chi connectivity index (χ0n) is 10.7. The van der Waals surface area contributed by atoms with Gasteiger partial charge in [0.25, 0.3) is 5.91 Å². The van der Waals surface area contributed by atoms with Gasteiger partial charge in [-0.05, 0) is 38.0 Å². The molecule has 0 unspecified atom stereocenters. The second-order valence-electron chi connectivity index (χ2n) is 5.02. The Morgan fingerprint density at radius 2 is 1.95 bits per heavy atom. The summed E-state index contributed by atoms with van der Waals surface area (Å²) in [5.74, 6) is -0.465. The van der Waals surface area contributed by atoms with E-state index < -0.39 is 17.6 Å². The van der Waals surface area contributed by atoms with Crippen LogP contribution in [0.4, 0.5) is 18.9 Å². The van der Waals surface area contributed by atoms with Gasteiger partial charge in [-0.15, -0.1) is 0 Å². The van der Waals surface area contributed by atoms with E-state index in [4.69, 9.17) is 0 Å². The Balaban J connectivity index is 2.29. The number of benzene rings is 1. The van der Waals surface area contributed by atoms with Gasteiger partial charge in [-0.2, -0.15) is 13.2 Å². The van der Waals surface area contributed by atoms with Crippen molar-refractivity contribution in [3.63, 3.8) is 0 Å². The van der Waals surface area contributed by atoms with Crippen LogP contribution in [0.2, 0.25) is 0 Å². The number of anilines is 1. The maximum Gasteiger partial charge on any atom is 0.418 e. The molecule has 104 valence electrons. The van der Waals surface area contributed by atoms with Crippen molar-refractivity contribution in [2.24, 2.45) is 0 Å². The first-order chi connectivity index (χ1) is 8.75. The summed E-state index contributed by atoms with van der Waals surface area (Å²) in [7, 11) is 1.41. The summed E-state index contributed by atoms with van der Waals surface area (Å²) in [5.41, 5.74) is -1.10. The number of carbonyl (C=O) groups excluding carboxylic acids is 1. The van der Waals surface area contributed by atoms with E-state index in [1.54, 1.807) is 0 Å². The van der Waals surface area contributed by atoms with Crippen LogP contribution in [0.25, 0.3) is 0 Å². The minimum absolute atomic E-state index is 0.0273. The first-order valence-corrected chi connectivity index (χ1v) is 5.97. The average molecular weight is 272 g/mol. The summed E-state index contributed by atoms with van der Waals surface area (Å²) in [6, 6.07) is 3.54. The molecule has 3 nitrogen and oxygen atoms in total. The lowest BCUT2D eigenvalue weighted by Gasteiger charge is -2.15. The van der Waals surface area contributed by atoms with E-state index in [1.165, 1.54) is 19.2 Å². The van der Waals surface area contributed by atoms with Crippen molar-refractivity contribution in [3.05, 3.63) is 29.3 Å². The standard InChI is InChI=1S/C13H15F3N2O/c1-12(5-6-12)18-11(19)8-3-4-10(17-2)9(7-8)13(14,15)16/h3-4,7,17H,5-6H2,1-2H3,(H,18,19). The van der Waals surface area contributed by atoms with Gasteiger partial charge in [0.05, 0.1) is 5.56 Å². The molecule has 0 saturated heterocycles. The molecule has 19 heavy (non-hydrogen) atoms. The van der Waals surface area contributed by atoms with E-state index in [-0.39, 0.29) is 16.8 Å². The van der Waals surface area contributed by atoms with E-state index in [9.17, 15) is 18.0 Å². The van der Waals surface area contributed by atoms with Crippen LogP contribution in [-0.4, -0.2) is 18.5 Å². The van der Waals surface area contributed by atoms with Crippen molar-refractivity contribution in [2.75, 3.05) is 12.4 Å². The van der Waals surface area contributed by atoms with Gasteiger partial charge in [0.15, 0.2) is 0 Å². The van der Waals surface area contributed by atoms with Crippen molar-refractivity contribution >= 4 is 11.6 Å². The molecule has 1 aromatic carbocycles. The largest absolute Gasteiger partial charge is 0.418 e. The fourth-order valence-corrected chi connectivity index (χ4v) is 1.80. The van der Waals surface area contributed by atoms with Crippen molar-refractivity contribution in [3.8, 4) is 0 Å². The maximum atomic E-state index is 12.9. The van der Waals surface area contributed by atoms with Crippen LogP contribution in [0.1, 0.15) is 35.7 Å². The third-order valence-corrected chi connectivity index (χ3v) is 3.27. The summed E-state index contributed by atoms with van der Waals surface area (Å²) < 4.78 is 38.6. The second-order valence-corrected chi connectivity index (χ2v) is 5.02. The first kappa shape index (κ1) is 13.7. The second kappa shape index (κ2) is 4.43. The van der Waals surface area contributed by atoms with Crippen LogP contribution in [0, 0.1) is 0 Å². The molecule has 0 aliphatic heterocycles. The minimum atomic E-state index is -4.49. The number of amides is 1. The number of carbonyl (C=O) groups is 1. The zero-order valence-corrected chi connectivity index (χ0v) is 10.7. The van der Waals surface area contributed by atoms with Crippen molar-refractivity contribution < 1.29 is 18.0 Å². The van der Waals surface area contributed by atoms with Gasteiger partial charge in [-0.3, -0.25) is 4.79 Å². The predicted octanol–water partition coefficient (Wildman–Crippen LogP) is 3.03. The average Bonchev–Trinajstić information content (AvgIpc) is 3.04. The molecule has 1 amide bonds. The summed E-state index contributed by atoms with van der Waals surface area (Å²) in [5, 5.41) is 5.21. The Hall–Kier alpha value is -1.72. The lowest BCUT2D eigenvalue weighted by Crippen LogP contribution is -2.34. The Morgan fingerprint density at radius 1 is 1.32 bits per heavy atom. The van der Waals surface area contributed by atoms with E-state index in [2.05, 4.69) is 10.6 Å². The van der Waals surface area contributed by atoms with Crippen LogP contribution < -0.4 is 10.6 Å². The van der Waals surface area contributed by atoms with Crippen molar-refractivity contribution in [1.29, 1.82) is 0 Å². The predicted molar refractivity (Wildman–Crippen MR) is 66.1 cm³/mol. The molecule has 2 N–H and O–H groups in total. The van der Waals surface area contributed by atoms with Crippen LogP contribution in [0.5, 0.6) is 0 Å². The van der Waals surface area contributed by atoms with Gasteiger partial charge in [-0.1, -0.05) is 0 Å².